The number of pyridine rings is 1. The molecule has 96 valence electrons. The van der Waals surface area contributed by atoms with E-state index in [9.17, 15) is 13.6 Å². The van der Waals surface area contributed by atoms with Crippen LogP contribution in [0.5, 0.6) is 0 Å². The first-order valence-electron chi connectivity index (χ1n) is 5.28. The Balaban J connectivity index is 2.34. The lowest BCUT2D eigenvalue weighted by Crippen LogP contribution is -2.23. The van der Waals surface area contributed by atoms with E-state index in [0.717, 1.165) is 11.3 Å². The third-order valence-corrected chi connectivity index (χ3v) is 5.53. The van der Waals surface area contributed by atoms with Gasteiger partial charge >= 0.3 is 0 Å². The summed E-state index contributed by atoms with van der Waals surface area (Å²) in [5.41, 5.74) is 0.678. The Kier molecular flexibility index (Phi) is 3.58. The van der Waals surface area contributed by atoms with Crippen LogP contribution in [0, 0.1) is 5.21 Å². The van der Waals surface area contributed by atoms with E-state index in [1.54, 1.807) is 19.1 Å². The van der Waals surface area contributed by atoms with Crippen molar-refractivity contribution in [2.45, 2.75) is 17.7 Å². The van der Waals surface area contributed by atoms with Crippen LogP contribution in [0.1, 0.15) is 13.3 Å². The summed E-state index contributed by atoms with van der Waals surface area (Å²) in [5.74, 6) is 0.0665. The molecule has 0 radical (unpaired) electrons. The minimum Gasteiger partial charge on any atom is -0.619 e. The number of sulfone groups is 1. The van der Waals surface area contributed by atoms with E-state index in [1.807, 2.05) is 0 Å². The van der Waals surface area contributed by atoms with Gasteiger partial charge in [-0.25, -0.2) is 8.42 Å². The van der Waals surface area contributed by atoms with Gasteiger partial charge in [-0.15, -0.1) is 10.2 Å². The van der Waals surface area contributed by atoms with Gasteiger partial charge in [-0.1, -0.05) is 18.3 Å². The Morgan fingerprint density at radius 2 is 2.00 bits per heavy atom. The molecule has 18 heavy (non-hydrogen) atoms. The monoisotopic (exact) mass is 285 g/mol. The second-order valence-electron chi connectivity index (χ2n) is 3.64. The molecular formula is C10H11N3O3S2. The van der Waals surface area contributed by atoms with E-state index in [-0.39, 0.29) is 10.1 Å². The summed E-state index contributed by atoms with van der Waals surface area (Å²) in [6.07, 6.45) is 3.20. The second-order valence-corrected chi connectivity index (χ2v) is 6.90. The summed E-state index contributed by atoms with van der Waals surface area (Å²) < 4.78 is 24.2. The Bertz CT molecular complexity index is 635. The topological polar surface area (TPSA) is 86.9 Å². The van der Waals surface area contributed by atoms with Crippen LogP contribution in [0.3, 0.4) is 0 Å². The average molecular weight is 285 g/mol. The Morgan fingerprint density at radius 3 is 2.61 bits per heavy atom. The average Bonchev–Trinajstić information content (AvgIpc) is 2.80. The van der Waals surface area contributed by atoms with Crippen molar-refractivity contribution in [1.82, 2.24) is 10.2 Å². The van der Waals surface area contributed by atoms with Crippen LogP contribution in [0.4, 0.5) is 0 Å². The molecule has 0 saturated carbocycles. The van der Waals surface area contributed by atoms with Gasteiger partial charge in [0.25, 0.3) is 0 Å². The van der Waals surface area contributed by atoms with E-state index in [1.165, 1.54) is 12.4 Å². The van der Waals surface area contributed by atoms with Crippen LogP contribution in [0.15, 0.2) is 28.9 Å². The molecule has 0 unspecified atom stereocenters. The lowest BCUT2D eigenvalue weighted by atomic mass is 10.3. The molecule has 0 spiro atoms. The van der Waals surface area contributed by atoms with Crippen LogP contribution in [-0.4, -0.2) is 24.4 Å². The fraction of sp³-hybridized carbons (Fsp3) is 0.300. The lowest BCUT2D eigenvalue weighted by molar-refractivity contribution is -0.605. The first-order chi connectivity index (χ1) is 8.53. The molecule has 0 aliphatic carbocycles. The van der Waals surface area contributed by atoms with Crippen LogP contribution < -0.4 is 4.73 Å². The van der Waals surface area contributed by atoms with E-state index in [0.29, 0.717) is 21.7 Å². The standard InChI is InChI=1S/C10H11N3O3S2/c1-2-7-18(15,16)10-12-11-9(17-10)8-3-5-13(14)6-4-8/h3-6H,2,7H2,1H3. The van der Waals surface area contributed by atoms with Crippen LogP contribution in [-0.2, 0) is 9.84 Å². The molecule has 0 aromatic carbocycles. The highest BCUT2D eigenvalue weighted by molar-refractivity contribution is 7.93. The zero-order chi connectivity index (χ0) is 13.2. The van der Waals surface area contributed by atoms with Crippen LogP contribution in [0.2, 0.25) is 0 Å². The summed E-state index contributed by atoms with van der Waals surface area (Å²) in [7, 11) is -3.33. The van der Waals surface area contributed by atoms with Gasteiger partial charge in [0.2, 0.25) is 14.2 Å². The zero-order valence-electron chi connectivity index (χ0n) is 9.61. The number of aromatic nitrogens is 3. The van der Waals surface area contributed by atoms with Gasteiger partial charge in [0.1, 0.15) is 5.01 Å². The smallest absolute Gasteiger partial charge is 0.232 e. The summed E-state index contributed by atoms with van der Waals surface area (Å²) in [5, 5.41) is 18.9. The van der Waals surface area contributed by atoms with Gasteiger partial charge in [-0.3, -0.25) is 0 Å². The summed E-state index contributed by atoms with van der Waals surface area (Å²) in [4.78, 5) is 0. The molecule has 2 aromatic rings. The van der Waals surface area contributed by atoms with Crippen molar-refractivity contribution in [2.75, 3.05) is 5.75 Å². The van der Waals surface area contributed by atoms with Gasteiger partial charge in [-0.05, 0) is 6.42 Å². The maximum Gasteiger partial charge on any atom is 0.232 e. The van der Waals surface area contributed by atoms with E-state index in [2.05, 4.69) is 10.2 Å². The molecule has 0 aliphatic heterocycles. The maximum absolute atomic E-state index is 11.8. The molecule has 0 aliphatic rings. The van der Waals surface area contributed by atoms with Crippen molar-refractivity contribution < 1.29 is 13.1 Å². The highest BCUT2D eigenvalue weighted by Gasteiger charge is 2.19. The van der Waals surface area contributed by atoms with E-state index in [4.69, 9.17) is 0 Å². The molecule has 0 N–H and O–H groups in total. The quantitative estimate of drug-likeness (QED) is 0.618. The molecule has 2 aromatic heterocycles. The number of rotatable bonds is 4. The predicted molar refractivity (Wildman–Crippen MR) is 66.6 cm³/mol. The van der Waals surface area contributed by atoms with Crippen molar-refractivity contribution in [2.24, 2.45) is 0 Å². The van der Waals surface area contributed by atoms with E-state index >= 15 is 0 Å². The molecule has 0 saturated heterocycles. The minimum atomic E-state index is -3.33. The first-order valence-corrected chi connectivity index (χ1v) is 7.75. The molecule has 8 heteroatoms. The summed E-state index contributed by atoms with van der Waals surface area (Å²) in [6.45, 7) is 1.80. The van der Waals surface area contributed by atoms with Crippen molar-refractivity contribution in [3.63, 3.8) is 0 Å². The fourth-order valence-electron chi connectivity index (χ4n) is 1.36. The summed E-state index contributed by atoms with van der Waals surface area (Å²) >= 11 is 1.02. The summed E-state index contributed by atoms with van der Waals surface area (Å²) in [6, 6.07) is 3.15. The van der Waals surface area contributed by atoms with Crippen LogP contribution >= 0.6 is 11.3 Å². The Labute approximate surface area is 108 Å². The maximum atomic E-state index is 11.8. The normalized spacial score (nSPS) is 11.6. The SMILES string of the molecule is CCCS(=O)(=O)c1nnc(-c2cc[n+]([O-])cc2)s1. The molecule has 0 fully saturated rings. The highest BCUT2D eigenvalue weighted by atomic mass is 32.2. The minimum absolute atomic E-state index is 0.0261. The zero-order valence-corrected chi connectivity index (χ0v) is 11.2. The van der Waals surface area contributed by atoms with Crippen molar-refractivity contribution in [3.05, 3.63) is 29.7 Å². The molecule has 2 heterocycles. The van der Waals surface area contributed by atoms with E-state index < -0.39 is 9.84 Å². The molecular weight excluding hydrogens is 274 g/mol. The van der Waals surface area contributed by atoms with Gasteiger partial charge < -0.3 is 5.21 Å². The Morgan fingerprint density at radius 1 is 1.33 bits per heavy atom. The largest absolute Gasteiger partial charge is 0.619 e. The van der Waals surface area contributed by atoms with Gasteiger partial charge in [0.05, 0.1) is 5.75 Å². The number of nitrogens with zero attached hydrogens (tertiary/aromatic N) is 3. The fourth-order valence-corrected chi connectivity index (χ4v) is 3.82. The third kappa shape index (κ3) is 2.65. The lowest BCUT2D eigenvalue weighted by Gasteiger charge is -1.96. The number of hydrogen-bond acceptors (Lipinski definition) is 6. The van der Waals surface area contributed by atoms with Gasteiger partial charge in [0, 0.05) is 17.7 Å². The molecule has 0 atom stereocenters. The third-order valence-electron chi connectivity index (χ3n) is 2.19. The first kappa shape index (κ1) is 12.9. The Hall–Kier alpha value is -1.54. The van der Waals surface area contributed by atoms with Gasteiger partial charge in [0.15, 0.2) is 12.4 Å². The molecule has 0 amide bonds. The second kappa shape index (κ2) is 4.99. The highest BCUT2D eigenvalue weighted by Crippen LogP contribution is 2.25. The predicted octanol–water partition coefficient (Wildman–Crippen LogP) is 1.02. The van der Waals surface area contributed by atoms with Crippen molar-refractivity contribution in [1.29, 1.82) is 0 Å². The van der Waals surface area contributed by atoms with Crippen molar-refractivity contribution >= 4 is 21.2 Å². The van der Waals surface area contributed by atoms with Crippen molar-refractivity contribution in [3.8, 4) is 10.6 Å². The molecule has 6 nitrogen and oxygen atoms in total. The molecule has 2 rings (SSSR count). The van der Waals surface area contributed by atoms with Crippen LogP contribution in [0.25, 0.3) is 10.6 Å². The molecule has 0 bridgehead atoms. The van der Waals surface area contributed by atoms with Gasteiger partial charge in [-0.2, -0.15) is 4.73 Å². The number of hydrogen-bond donors (Lipinski definition) is 0.